The first kappa shape index (κ1) is 23.0. The Morgan fingerprint density at radius 1 is 1.06 bits per heavy atom. The molecule has 35 heavy (non-hydrogen) atoms. The number of thiazole rings is 1. The number of ether oxygens (including phenoxy) is 1. The molecule has 2 fully saturated rings. The quantitative estimate of drug-likeness (QED) is 0.506. The summed E-state index contributed by atoms with van der Waals surface area (Å²) in [5.41, 5.74) is 2.20. The van der Waals surface area contributed by atoms with Gasteiger partial charge in [-0.1, -0.05) is 30.3 Å². The van der Waals surface area contributed by atoms with Crippen molar-refractivity contribution in [2.45, 2.75) is 38.3 Å². The third-order valence-electron chi connectivity index (χ3n) is 6.15. The van der Waals surface area contributed by atoms with Crippen LogP contribution < -0.4 is 10.2 Å². The lowest BCUT2D eigenvalue weighted by Crippen LogP contribution is -2.46. The van der Waals surface area contributed by atoms with E-state index in [9.17, 15) is 14.4 Å². The number of hydrogen-bond acceptors (Lipinski definition) is 6. The summed E-state index contributed by atoms with van der Waals surface area (Å²) in [5.74, 6) is -0.0943. The van der Waals surface area contributed by atoms with E-state index in [2.05, 4.69) is 10.3 Å². The molecule has 2 heterocycles. The molecule has 3 aromatic rings. The van der Waals surface area contributed by atoms with E-state index in [1.54, 1.807) is 40.7 Å². The van der Waals surface area contributed by atoms with Gasteiger partial charge in [0.05, 0.1) is 5.69 Å². The molecule has 1 aliphatic carbocycles. The molecule has 8 nitrogen and oxygen atoms in total. The molecule has 1 saturated carbocycles. The second kappa shape index (κ2) is 10.3. The van der Waals surface area contributed by atoms with Gasteiger partial charge in [0.15, 0.2) is 5.13 Å². The Hall–Kier alpha value is -3.72. The highest BCUT2D eigenvalue weighted by Crippen LogP contribution is 2.33. The fourth-order valence-electron chi connectivity index (χ4n) is 4.14. The van der Waals surface area contributed by atoms with Crippen molar-refractivity contribution < 1.29 is 19.1 Å². The molecule has 1 saturated heterocycles. The SMILES string of the molecule is O=C(Nc1ccc(N(C(=O)C2CCCN2C(=O)OCc2ccccc2)c2nccs2)cc1)C1CC1. The average molecular weight is 491 g/mol. The van der Waals surface area contributed by atoms with Crippen molar-refractivity contribution in [1.29, 1.82) is 0 Å². The molecule has 0 bridgehead atoms. The van der Waals surface area contributed by atoms with Gasteiger partial charge in [-0.05, 0) is 55.5 Å². The van der Waals surface area contributed by atoms with Gasteiger partial charge >= 0.3 is 6.09 Å². The first-order valence-electron chi connectivity index (χ1n) is 11.7. The lowest BCUT2D eigenvalue weighted by atomic mass is 10.1. The monoisotopic (exact) mass is 490 g/mol. The van der Waals surface area contributed by atoms with Crippen LogP contribution in [0.25, 0.3) is 0 Å². The molecule has 1 unspecified atom stereocenters. The molecule has 1 aromatic heterocycles. The van der Waals surface area contributed by atoms with Crippen LogP contribution in [0.4, 0.5) is 21.3 Å². The zero-order valence-electron chi connectivity index (χ0n) is 19.1. The van der Waals surface area contributed by atoms with Gasteiger partial charge in [0.1, 0.15) is 12.6 Å². The largest absolute Gasteiger partial charge is 0.445 e. The molecule has 1 N–H and O–H groups in total. The minimum absolute atomic E-state index is 0.0289. The molecule has 5 rings (SSSR count). The second-order valence-corrected chi connectivity index (χ2v) is 9.56. The van der Waals surface area contributed by atoms with Gasteiger partial charge < -0.3 is 10.1 Å². The van der Waals surface area contributed by atoms with Crippen molar-refractivity contribution in [2.24, 2.45) is 5.92 Å². The summed E-state index contributed by atoms with van der Waals surface area (Å²) in [4.78, 5) is 46.1. The van der Waals surface area contributed by atoms with Crippen molar-refractivity contribution in [1.82, 2.24) is 9.88 Å². The summed E-state index contributed by atoms with van der Waals surface area (Å²) in [5, 5.41) is 5.24. The van der Waals surface area contributed by atoms with Gasteiger partial charge in [0.2, 0.25) is 5.91 Å². The average Bonchev–Trinajstić information content (AvgIpc) is 3.38. The zero-order chi connectivity index (χ0) is 24.2. The molecule has 0 spiro atoms. The van der Waals surface area contributed by atoms with Crippen LogP contribution in [-0.2, 0) is 20.9 Å². The van der Waals surface area contributed by atoms with Crippen LogP contribution in [0, 0.1) is 5.92 Å². The van der Waals surface area contributed by atoms with Gasteiger partial charge in [-0.25, -0.2) is 9.78 Å². The minimum Gasteiger partial charge on any atom is -0.445 e. The molecule has 2 aliphatic rings. The minimum atomic E-state index is -0.642. The summed E-state index contributed by atoms with van der Waals surface area (Å²) < 4.78 is 5.51. The number of rotatable bonds is 7. The third kappa shape index (κ3) is 5.35. The molecule has 1 aliphatic heterocycles. The van der Waals surface area contributed by atoms with Gasteiger partial charge in [-0.15, -0.1) is 11.3 Å². The number of nitrogens with one attached hydrogen (secondary N) is 1. The van der Waals surface area contributed by atoms with Crippen LogP contribution in [0.3, 0.4) is 0 Å². The molecular formula is C26H26N4O4S. The van der Waals surface area contributed by atoms with E-state index in [1.165, 1.54) is 16.2 Å². The Balaban J connectivity index is 1.32. The van der Waals surface area contributed by atoms with Crippen LogP contribution >= 0.6 is 11.3 Å². The van der Waals surface area contributed by atoms with E-state index < -0.39 is 12.1 Å². The van der Waals surface area contributed by atoms with Crippen molar-refractivity contribution in [3.05, 3.63) is 71.7 Å². The van der Waals surface area contributed by atoms with Crippen molar-refractivity contribution in [2.75, 3.05) is 16.8 Å². The fourth-order valence-corrected chi connectivity index (χ4v) is 4.80. The van der Waals surface area contributed by atoms with E-state index in [4.69, 9.17) is 4.74 Å². The normalized spacial score (nSPS) is 17.1. The van der Waals surface area contributed by atoms with Crippen molar-refractivity contribution in [3.63, 3.8) is 0 Å². The number of carbonyl (C=O) groups is 3. The number of aromatic nitrogens is 1. The van der Waals surface area contributed by atoms with E-state index in [1.807, 2.05) is 30.3 Å². The van der Waals surface area contributed by atoms with E-state index >= 15 is 0 Å². The Labute approximate surface area is 207 Å². The van der Waals surface area contributed by atoms with E-state index in [0.717, 1.165) is 18.4 Å². The second-order valence-electron chi connectivity index (χ2n) is 8.69. The zero-order valence-corrected chi connectivity index (χ0v) is 19.9. The lowest BCUT2D eigenvalue weighted by molar-refractivity contribution is -0.121. The summed E-state index contributed by atoms with van der Waals surface area (Å²) in [7, 11) is 0. The molecular weight excluding hydrogens is 464 g/mol. The first-order valence-corrected chi connectivity index (χ1v) is 12.6. The number of nitrogens with zero attached hydrogens (tertiary/aromatic N) is 3. The fraction of sp³-hybridized carbons (Fsp3) is 0.308. The molecule has 9 heteroatoms. The van der Waals surface area contributed by atoms with Crippen LogP contribution in [0.5, 0.6) is 0 Å². The summed E-state index contributed by atoms with van der Waals surface area (Å²) in [6.45, 7) is 0.614. The third-order valence-corrected chi connectivity index (χ3v) is 6.91. The maximum atomic E-state index is 13.8. The molecule has 2 aromatic carbocycles. The maximum absolute atomic E-state index is 13.8. The van der Waals surface area contributed by atoms with Gasteiger partial charge in [-0.2, -0.15) is 0 Å². The smallest absolute Gasteiger partial charge is 0.410 e. The Morgan fingerprint density at radius 3 is 2.51 bits per heavy atom. The molecule has 3 amide bonds. The lowest BCUT2D eigenvalue weighted by Gasteiger charge is -2.28. The summed E-state index contributed by atoms with van der Waals surface area (Å²) >= 11 is 1.35. The number of anilines is 3. The highest BCUT2D eigenvalue weighted by Gasteiger charge is 2.39. The van der Waals surface area contributed by atoms with E-state index in [0.29, 0.717) is 35.9 Å². The number of benzene rings is 2. The highest BCUT2D eigenvalue weighted by atomic mass is 32.1. The van der Waals surface area contributed by atoms with Gasteiger partial charge in [-0.3, -0.25) is 19.4 Å². The predicted molar refractivity (Wildman–Crippen MR) is 133 cm³/mol. The van der Waals surface area contributed by atoms with Crippen LogP contribution in [0.15, 0.2) is 66.2 Å². The highest BCUT2D eigenvalue weighted by molar-refractivity contribution is 7.13. The number of hydrogen-bond donors (Lipinski definition) is 1. The predicted octanol–water partition coefficient (Wildman–Crippen LogP) is 4.96. The number of carbonyl (C=O) groups excluding carboxylic acids is 3. The number of likely N-dealkylation sites (tertiary alicyclic amines) is 1. The molecule has 180 valence electrons. The van der Waals surface area contributed by atoms with Crippen LogP contribution in [0.2, 0.25) is 0 Å². The molecule has 0 radical (unpaired) electrons. The van der Waals surface area contributed by atoms with Crippen LogP contribution in [0.1, 0.15) is 31.2 Å². The Morgan fingerprint density at radius 2 is 1.83 bits per heavy atom. The summed E-state index contributed by atoms with van der Waals surface area (Å²) in [6, 6.07) is 16.0. The van der Waals surface area contributed by atoms with Gasteiger partial charge in [0.25, 0.3) is 5.91 Å². The maximum Gasteiger partial charge on any atom is 0.410 e. The summed E-state index contributed by atoms with van der Waals surface area (Å²) in [6.07, 6.45) is 4.28. The van der Waals surface area contributed by atoms with Crippen LogP contribution in [-0.4, -0.2) is 40.4 Å². The van der Waals surface area contributed by atoms with Crippen molar-refractivity contribution in [3.8, 4) is 0 Å². The van der Waals surface area contributed by atoms with E-state index in [-0.39, 0.29) is 24.3 Å². The standard InChI is InChI=1S/C26H26N4O4S/c31-23(19-8-9-19)28-20-10-12-21(13-11-20)30(25-27-14-16-35-25)24(32)22-7-4-15-29(22)26(33)34-17-18-5-2-1-3-6-18/h1-3,5-6,10-14,16,19,22H,4,7-9,15,17H2,(H,28,31). The Kier molecular flexibility index (Phi) is 6.76. The first-order chi connectivity index (χ1) is 17.1. The topological polar surface area (TPSA) is 91.8 Å². The molecule has 1 atom stereocenters. The van der Waals surface area contributed by atoms with Crippen molar-refractivity contribution >= 4 is 45.8 Å². The van der Waals surface area contributed by atoms with Gasteiger partial charge in [0, 0.05) is 29.7 Å². The Bertz CT molecular complexity index is 1180. The number of amides is 3.